The molecular weight excluding hydrogens is 440 g/mol. The molecule has 8 nitrogen and oxygen atoms in total. The van der Waals surface area contributed by atoms with Gasteiger partial charge >= 0.3 is 5.97 Å². The van der Waals surface area contributed by atoms with Crippen molar-refractivity contribution >= 4 is 34.3 Å². The number of benzene rings is 3. The molecule has 4 aromatic rings. The van der Waals surface area contributed by atoms with Crippen molar-refractivity contribution in [2.24, 2.45) is 5.10 Å². The summed E-state index contributed by atoms with van der Waals surface area (Å²) in [5.41, 5.74) is 6.59. The number of non-ortho nitro benzene ring substituents is 1. The fourth-order valence-electron chi connectivity index (χ4n) is 2.96. The Hall–Kier alpha value is -4.37. The lowest BCUT2D eigenvalue weighted by atomic mass is 10.1. The third kappa shape index (κ3) is 5.46. The zero-order valence-electron chi connectivity index (χ0n) is 17.5. The molecule has 0 spiro atoms. The molecule has 0 unspecified atom stereocenters. The maximum Gasteiger partial charge on any atom is 0.343 e. The van der Waals surface area contributed by atoms with Crippen LogP contribution in [-0.2, 0) is 0 Å². The zero-order valence-corrected chi connectivity index (χ0v) is 18.3. The van der Waals surface area contributed by atoms with Crippen molar-refractivity contribution < 1.29 is 14.5 Å². The Labute approximate surface area is 193 Å². The number of hydrazone groups is 1. The number of carbonyl (C=O) groups excluding carboxylic acids is 1. The van der Waals surface area contributed by atoms with Crippen LogP contribution in [0.1, 0.15) is 21.5 Å². The molecule has 164 valence electrons. The summed E-state index contributed by atoms with van der Waals surface area (Å²) in [6, 6.07) is 20.5. The molecule has 0 aliphatic carbocycles. The van der Waals surface area contributed by atoms with E-state index in [0.29, 0.717) is 22.1 Å². The van der Waals surface area contributed by atoms with Crippen molar-refractivity contribution in [3.8, 4) is 17.0 Å². The number of thiazole rings is 1. The summed E-state index contributed by atoms with van der Waals surface area (Å²) in [5.74, 6) is 0.0461. The Kier molecular flexibility index (Phi) is 6.51. The highest BCUT2D eigenvalue weighted by Gasteiger charge is 2.11. The van der Waals surface area contributed by atoms with E-state index in [1.807, 2.05) is 24.4 Å². The van der Waals surface area contributed by atoms with Gasteiger partial charge in [0.05, 0.1) is 22.4 Å². The van der Waals surface area contributed by atoms with Crippen LogP contribution in [0, 0.1) is 17.0 Å². The lowest BCUT2D eigenvalue weighted by Gasteiger charge is -2.06. The largest absolute Gasteiger partial charge is 0.423 e. The second-order valence-electron chi connectivity index (χ2n) is 6.99. The van der Waals surface area contributed by atoms with Crippen molar-refractivity contribution in [3.63, 3.8) is 0 Å². The number of rotatable bonds is 7. The SMILES string of the molecule is Cc1ccccc1C(=O)Oc1ccc(/C=N\Nc2nc(-c3ccc([N+](=O)[O-])cc3)cs2)cc1. The normalized spacial score (nSPS) is 10.8. The number of nitrogens with one attached hydrogen (secondary N) is 1. The number of anilines is 1. The maximum atomic E-state index is 12.3. The van der Waals surface area contributed by atoms with Gasteiger partial charge in [-0.25, -0.2) is 9.78 Å². The van der Waals surface area contributed by atoms with Gasteiger partial charge in [-0.05, 0) is 60.5 Å². The number of nitrogens with zero attached hydrogens (tertiary/aromatic N) is 3. The van der Waals surface area contributed by atoms with Crippen LogP contribution in [-0.4, -0.2) is 22.1 Å². The van der Waals surface area contributed by atoms with Gasteiger partial charge in [-0.2, -0.15) is 5.10 Å². The highest BCUT2D eigenvalue weighted by atomic mass is 32.1. The van der Waals surface area contributed by atoms with Gasteiger partial charge in [-0.15, -0.1) is 11.3 Å². The van der Waals surface area contributed by atoms with Gasteiger partial charge in [-0.3, -0.25) is 15.5 Å². The van der Waals surface area contributed by atoms with Gasteiger partial charge in [0.2, 0.25) is 5.13 Å². The average Bonchev–Trinajstić information content (AvgIpc) is 3.29. The minimum Gasteiger partial charge on any atom is -0.423 e. The van der Waals surface area contributed by atoms with E-state index >= 15 is 0 Å². The fraction of sp³-hybridized carbons (Fsp3) is 0.0417. The number of aromatic nitrogens is 1. The van der Waals surface area contributed by atoms with Crippen LogP contribution in [0.3, 0.4) is 0 Å². The lowest BCUT2D eigenvalue weighted by molar-refractivity contribution is -0.384. The molecule has 0 radical (unpaired) electrons. The number of hydrogen-bond acceptors (Lipinski definition) is 8. The first kappa shape index (κ1) is 21.8. The third-order valence-corrected chi connectivity index (χ3v) is 5.45. The smallest absolute Gasteiger partial charge is 0.343 e. The summed E-state index contributed by atoms with van der Waals surface area (Å²) in [4.78, 5) is 27.1. The van der Waals surface area contributed by atoms with Gasteiger partial charge in [0.1, 0.15) is 5.75 Å². The molecule has 0 fully saturated rings. The van der Waals surface area contributed by atoms with E-state index in [-0.39, 0.29) is 5.69 Å². The van der Waals surface area contributed by atoms with Crippen molar-refractivity contribution in [1.82, 2.24) is 4.98 Å². The number of nitro benzene ring substituents is 1. The molecule has 1 N–H and O–H groups in total. The van der Waals surface area contributed by atoms with Crippen LogP contribution in [0.4, 0.5) is 10.8 Å². The molecule has 0 saturated heterocycles. The van der Waals surface area contributed by atoms with Gasteiger partial charge in [0.15, 0.2) is 0 Å². The first-order chi connectivity index (χ1) is 16.0. The molecule has 0 bridgehead atoms. The van der Waals surface area contributed by atoms with Crippen LogP contribution in [0.5, 0.6) is 5.75 Å². The summed E-state index contributed by atoms with van der Waals surface area (Å²) in [6.07, 6.45) is 1.62. The Morgan fingerprint density at radius 3 is 2.52 bits per heavy atom. The minimum absolute atomic E-state index is 0.0351. The van der Waals surface area contributed by atoms with Crippen LogP contribution < -0.4 is 10.2 Å². The fourth-order valence-corrected chi connectivity index (χ4v) is 3.63. The Morgan fingerprint density at radius 2 is 1.82 bits per heavy atom. The first-order valence-corrected chi connectivity index (χ1v) is 10.7. The van der Waals surface area contributed by atoms with E-state index in [2.05, 4.69) is 15.5 Å². The molecule has 33 heavy (non-hydrogen) atoms. The summed E-state index contributed by atoms with van der Waals surface area (Å²) in [6.45, 7) is 1.86. The molecule has 0 saturated carbocycles. The molecule has 4 rings (SSSR count). The number of hydrogen-bond donors (Lipinski definition) is 1. The first-order valence-electron chi connectivity index (χ1n) is 9.87. The molecule has 0 atom stereocenters. The van der Waals surface area contributed by atoms with Crippen LogP contribution in [0.25, 0.3) is 11.3 Å². The summed E-state index contributed by atoms with van der Waals surface area (Å²) < 4.78 is 5.43. The van der Waals surface area contributed by atoms with Crippen LogP contribution in [0.15, 0.2) is 83.3 Å². The monoisotopic (exact) mass is 458 g/mol. The number of nitro groups is 1. The molecule has 0 amide bonds. The predicted molar refractivity (Wildman–Crippen MR) is 128 cm³/mol. The van der Waals surface area contributed by atoms with Crippen molar-refractivity contribution in [2.45, 2.75) is 6.92 Å². The predicted octanol–water partition coefficient (Wildman–Crippen LogP) is 5.69. The second-order valence-corrected chi connectivity index (χ2v) is 7.84. The Bertz CT molecular complexity index is 1320. The molecule has 0 aliphatic rings. The quantitative estimate of drug-likeness (QED) is 0.125. The van der Waals surface area contributed by atoms with Gasteiger partial charge in [0.25, 0.3) is 5.69 Å². The molecular formula is C24H18N4O4S. The molecule has 3 aromatic carbocycles. The maximum absolute atomic E-state index is 12.3. The number of aryl methyl sites for hydroxylation is 1. The van der Waals surface area contributed by atoms with Crippen molar-refractivity contribution in [2.75, 3.05) is 5.43 Å². The number of esters is 1. The Balaban J connectivity index is 1.34. The Morgan fingerprint density at radius 1 is 1.09 bits per heavy atom. The summed E-state index contributed by atoms with van der Waals surface area (Å²) in [5, 5.41) is 17.4. The van der Waals surface area contributed by atoms with E-state index in [0.717, 1.165) is 16.7 Å². The van der Waals surface area contributed by atoms with Gasteiger partial charge in [-0.1, -0.05) is 18.2 Å². The van der Waals surface area contributed by atoms with Crippen molar-refractivity contribution in [1.29, 1.82) is 0 Å². The highest BCUT2D eigenvalue weighted by Crippen LogP contribution is 2.26. The summed E-state index contributed by atoms with van der Waals surface area (Å²) >= 11 is 1.37. The second kappa shape index (κ2) is 9.84. The van der Waals surface area contributed by atoms with Crippen LogP contribution >= 0.6 is 11.3 Å². The third-order valence-electron chi connectivity index (χ3n) is 4.71. The zero-order chi connectivity index (χ0) is 23.2. The molecule has 9 heteroatoms. The standard InChI is InChI=1S/C24H18N4O4S/c1-16-4-2-3-5-21(16)23(29)32-20-12-6-17(7-13-20)14-25-27-24-26-22(15-33-24)18-8-10-19(11-9-18)28(30)31/h2-15H,1H3,(H,26,27)/b25-14-. The number of carbonyl (C=O) groups is 1. The lowest BCUT2D eigenvalue weighted by Crippen LogP contribution is -2.10. The van der Waals surface area contributed by atoms with Gasteiger partial charge in [0, 0.05) is 23.1 Å². The van der Waals surface area contributed by atoms with E-state index < -0.39 is 10.9 Å². The summed E-state index contributed by atoms with van der Waals surface area (Å²) in [7, 11) is 0. The average molecular weight is 458 g/mol. The molecule has 0 aliphatic heterocycles. The molecule has 1 heterocycles. The highest BCUT2D eigenvalue weighted by molar-refractivity contribution is 7.14. The number of ether oxygens (including phenoxy) is 1. The van der Waals surface area contributed by atoms with Gasteiger partial charge < -0.3 is 4.74 Å². The topological polar surface area (TPSA) is 107 Å². The van der Waals surface area contributed by atoms with Crippen molar-refractivity contribution in [3.05, 3.63) is 105 Å². The van der Waals surface area contributed by atoms with E-state index in [4.69, 9.17) is 4.74 Å². The van der Waals surface area contributed by atoms with E-state index in [1.165, 1.54) is 23.5 Å². The van der Waals surface area contributed by atoms with Crippen LogP contribution in [0.2, 0.25) is 0 Å². The minimum atomic E-state index is -0.437. The van der Waals surface area contributed by atoms with E-state index in [9.17, 15) is 14.9 Å². The van der Waals surface area contributed by atoms with E-state index in [1.54, 1.807) is 54.7 Å². The molecule has 1 aromatic heterocycles.